The lowest BCUT2D eigenvalue weighted by molar-refractivity contribution is -0.135. The van der Waals surface area contributed by atoms with Gasteiger partial charge in [0.05, 0.1) is 6.10 Å². The summed E-state index contributed by atoms with van der Waals surface area (Å²) in [5.41, 5.74) is 3.41. The number of benzene rings is 2. The molecule has 0 bridgehead atoms. The van der Waals surface area contributed by atoms with Gasteiger partial charge in [0, 0.05) is 50.4 Å². The van der Waals surface area contributed by atoms with Crippen LogP contribution in [0, 0.1) is 5.92 Å². The van der Waals surface area contributed by atoms with Crippen molar-refractivity contribution in [2.45, 2.75) is 37.8 Å². The molecule has 1 aliphatic heterocycles. The first-order valence-electron chi connectivity index (χ1n) is 10.4. The van der Waals surface area contributed by atoms with E-state index in [4.69, 9.17) is 16.3 Å². The molecule has 0 N–H and O–H groups in total. The van der Waals surface area contributed by atoms with Crippen LogP contribution >= 0.6 is 11.6 Å². The summed E-state index contributed by atoms with van der Waals surface area (Å²) < 4.78 is 5.83. The van der Waals surface area contributed by atoms with Crippen LogP contribution in [0.4, 0.5) is 5.69 Å². The molecule has 1 amide bonds. The molecule has 29 heavy (non-hydrogen) atoms. The van der Waals surface area contributed by atoms with Crippen molar-refractivity contribution in [2.24, 2.45) is 5.92 Å². The van der Waals surface area contributed by atoms with Gasteiger partial charge in [0.15, 0.2) is 0 Å². The molecule has 0 spiro atoms. The van der Waals surface area contributed by atoms with Crippen LogP contribution < -0.4 is 4.90 Å². The largest absolute Gasteiger partial charge is 0.378 e. The summed E-state index contributed by atoms with van der Waals surface area (Å²) in [6.45, 7) is 2.09. The highest BCUT2D eigenvalue weighted by molar-refractivity contribution is 6.31. The van der Waals surface area contributed by atoms with Gasteiger partial charge < -0.3 is 14.5 Å². The van der Waals surface area contributed by atoms with E-state index in [0.29, 0.717) is 13.1 Å². The van der Waals surface area contributed by atoms with Crippen LogP contribution in [-0.4, -0.2) is 44.2 Å². The monoisotopic (exact) mass is 412 g/mol. The van der Waals surface area contributed by atoms with Crippen molar-refractivity contribution >= 4 is 23.2 Å². The predicted molar refractivity (Wildman–Crippen MR) is 117 cm³/mol. The number of anilines is 1. The minimum atomic E-state index is 0.0253. The molecule has 154 valence electrons. The molecule has 4 nitrogen and oxygen atoms in total. The second kappa shape index (κ2) is 8.76. The molecule has 1 saturated carbocycles. The molecule has 2 fully saturated rings. The molecule has 1 aliphatic carbocycles. The normalized spacial score (nSPS) is 23.1. The van der Waals surface area contributed by atoms with Crippen molar-refractivity contribution in [1.29, 1.82) is 0 Å². The van der Waals surface area contributed by atoms with E-state index < -0.39 is 0 Å². The minimum Gasteiger partial charge on any atom is -0.378 e. The van der Waals surface area contributed by atoms with E-state index in [0.717, 1.165) is 47.7 Å². The Morgan fingerprint density at radius 2 is 1.90 bits per heavy atom. The van der Waals surface area contributed by atoms with Crippen LogP contribution in [0.3, 0.4) is 0 Å². The molecule has 4 rings (SSSR count). The number of hydrogen-bond acceptors (Lipinski definition) is 3. The van der Waals surface area contributed by atoms with Crippen molar-refractivity contribution in [2.75, 3.05) is 32.1 Å². The summed E-state index contributed by atoms with van der Waals surface area (Å²) in [5.74, 6) is 0.485. The average molecular weight is 413 g/mol. The highest BCUT2D eigenvalue weighted by Gasteiger charge is 2.46. The maximum absolute atomic E-state index is 13.4. The Kier molecular flexibility index (Phi) is 6.12. The third kappa shape index (κ3) is 4.76. The molecule has 2 aromatic rings. The van der Waals surface area contributed by atoms with Crippen LogP contribution in [0.5, 0.6) is 0 Å². The van der Waals surface area contributed by atoms with Crippen molar-refractivity contribution in [3.8, 4) is 0 Å². The fourth-order valence-corrected chi connectivity index (χ4v) is 4.48. The van der Waals surface area contributed by atoms with Crippen molar-refractivity contribution < 1.29 is 9.53 Å². The quantitative estimate of drug-likeness (QED) is 0.659. The zero-order chi connectivity index (χ0) is 20.4. The standard InChI is InChI=1S/C24H29ClN2O2/c1-26(2)18-11-9-17(10-12-18)15-27(16-19-6-5-13-29-19)24(28)22-14-21(22)20-7-3-4-8-23(20)25/h3-4,7-12,19,21-22H,5-6,13-16H2,1-2H3. The number of hydrogen-bond donors (Lipinski definition) is 0. The Labute approximate surface area is 178 Å². The summed E-state index contributed by atoms with van der Waals surface area (Å²) in [6.07, 6.45) is 3.14. The minimum absolute atomic E-state index is 0.0253. The summed E-state index contributed by atoms with van der Waals surface area (Å²) in [5, 5.41) is 0.762. The van der Waals surface area contributed by atoms with E-state index in [1.807, 2.05) is 43.3 Å². The molecule has 5 heteroatoms. The lowest BCUT2D eigenvalue weighted by Crippen LogP contribution is -2.38. The number of carbonyl (C=O) groups excluding carboxylic acids is 1. The third-order valence-electron chi connectivity index (χ3n) is 6.00. The zero-order valence-electron chi connectivity index (χ0n) is 17.2. The van der Waals surface area contributed by atoms with Crippen LogP contribution in [0.15, 0.2) is 48.5 Å². The lowest BCUT2D eigenvalue weighted by Gasteiger charge is -2.26. The van der Waals surface area contributed by atoms with E-state index in [2.05, 4.69) is 29.2 Å². The summed E-state index contributed by atoms with van der Waals surface area (Å²) >= 11 is 6.37. The van der Waals surface area contributed by atoms with Gasteiger partial charge in [-0.25, -0.2) is 0 Å². The number of amides is 1. The van der Waals surface area contributed by atoms with Gasteiger partial charge in [-0.05, 0) is 54.5 Å². The molecule has 2 aromatic carbocycles. The highest BCUT2D eigenvalue weighted by Crippen LogP contribution is 2.50. The smallest absolute Gasteiger partial charge is 0.226 e. The second-order valence-corrected chi connectivity index (χ2v) is 8.79. The first kappa shape index (κ1) is 20.2. The van der Waals surface area contributed by atoms with Gasteiger partial charge in [0.2, 0.25) is 5.91 Å². The molecular weight excluding hydrogens is 384 g/mol. The summed E-state index contributed by atoms with van der Waals surface area (Å²) in [4.78, 5) is 17.5. The Bertz CT molecular complexity index is 846. The number of nitrogens with zero attached hydrogens (tertiary/aromatic N) is 2. The highest BCUT2D eigenvalue weighted by atomic mass is 35.5. The number of rotatable bonds is 7. The van der Waals surface area contributed by atoms with Crippen LogP contribution in [0.2, 0.25) is 5.02 Å². The van der Waals surface area contributed by atoms with Crippen LogP contribution in [0.1, 0.15) is 36.3 Å². The van der Waals surface area contributed by atoms with Gasteiger partial charge in [-0.3, -0.25) is 4.79 Å². The molecule has 1 heterocycles. The number of halogens is 1. The van der Waals surface area contributed by atoms with Gasteiger partial charge in [0.1, 0.15) is 0 Å². The first-order chi connectivity index (χ1) is 14.0. The topological polar surface area (TPSA) is 32.8 Å². The summed E-state index contributed by atoms with van der Waals surface area (Å²) in [6, 6.07) is 16.3. The van der Waals surface area contributed by atoms with Gasteiger partial charge in [-0.2, -0.15) is 0 Å². The van der Waals surface area contributed by atoms with E-state index in [1.165, 1.54) is 0 Å². The van der Waals surface area contributed by atoms with Crippen molar-refractivity contribution in [1.82, 2.24) is 4.90 Å². The number of ether oxygens (including phenoxy) is 1. The molecule has 0 radical (unpaired) electrons. The van der Waals surface area contributed by atoms with Gasteiger partial charge >= 0.3 is 0 Å². The molecule has 0 aromatic heterocycles. The van der Waals surface area contributed by atoms with Crippen LogP contribution in [0.25, 0.3) is 0 Å². The van der Waals surface area contributed by atoms with Crippen LogP contribution in [-0.2, 0) is 16.1 Å². The Morgan fingerprint density at radius 3 is 2.55 bits per heavy atom. The molecule has 2 aliphatic rings. The molecule has 3 unspecified atom stereocenters. The van der Waals surface area contributed by atoms with Gasteiger partial charge in [0.25, 0.3) is 0 Å². The second-order valence-electron chi connectivity index (χ2n) is 8.38. The Hall–Kier alpha value is -2.04. The van der Waals surface area contributed by atoms with E-state index in [-0.39, 0.29) is 23.8 Å². The average Bonchev–Trinajstić information content (AvgIpc) is 3.34. The number of carbonyl (C=O) groups is 1. The Balaban J connectivity index is 1.48. The Morgan fingerprint density at radius 1 is 1.14 bits per heavy atom. The van der Waals surface area contributed by atoms with Crippen molar-refractivity contribution in [3.05, 3.63) is 64.7 Å². The SMILES string of the molecule is CN(C)c1ccc(CN(CC2CCCO2)C(=O)C2CC2c2ccccc2Cl)cc1. The maximum Gasteiger partial charge on any atom is 0.226 e. The van der Waals surface area contributed by atoms with E-state index in [9.17, 15) is 4.79 Å². The maximum atomic E-state index is 13.4. The fourth-order valence-electron chi connectivity index (χ4n) is 4.21. The predicted octanol–water partition coefficient (Wildman–Crippen LogP) is 4.72. The summed E-state index contributed by atoms with van der Waals surface area (Å²) in [7, 11) is 4.06. The zero-order valence-corrected chi connectivity index (χ0v) is 17.9. The molecule has 1 saturated heterocycles. The van der Waals surface area contributed by atoms with Crippen molar-refractivity contribution in [3.63, 3.8) is 0 Å². The first-order valence-corrected chi connectivity index (χ1v) is 10.8. The van der Waals surface area contributed by atoms with Gasteiger partial charge in [-0.15, -0.1) is 0 Å². The molecule has 3 atom stereocenters. The van der Waals surface area contributed by atoms with Gasteiger partial charge in [-0.1, -0.05) is 41.9 Å². The lowest BCUT2D eigenvalue weighted by atomic mass is 10.1. The fraction of sp³-hybridized carbons (Fsp3) is 0.458. The molecular formula is C24H29ClN2O2. The third-order valence-corrected chi connectivity index (χ3v) is 6.34. The van der Waals surface area contributed by atoms with E-state index in [1.54, 1.807) is 0 Å². The van der Waals surface area contributed by atoms with E-state index >= 15 is 0 Å².